The van der Waals surface area contributed by atoms with Gasteiger partial charge in [0.15, 0.2) is 0 Å². The maximum Gasteiger partial charge on any atom is 0.271 e. The third-order valence-electron chi connectivity index (χ3n) is 5.51. The number of nitro groups is 1. The molecule has 0 aliphatic carbocycles. The molecule has 1 unspecified atom stereocenters. The first kappa shape index (κ1) is 21.9. The first-order chi connectivity index (χ1) is 15.4. The number of amides is 1. The van der Waals surface area contributed by atoms with Crippen LogP contribution in [0.4, 0.5) is 11.4 Å². The Morgan fingerprint density at radius 1 is 1.34 bits per heavy atom. The van der Waals surface area contributed by atoms with E-state index in [1.807, 2.05) is 18.2 Å². The van der Waals surface area contributed by atoms with Crippen molar-refractivity contribution in [2.75, 3.05) is 18.4 Å². The molecule has 1 saturated heterocycles. The van der Waals surface area contributed by atoms with Crippen molar-refractivity contribution >= 4 is 28.9 Å². The van der Waals surface area contributed by atoms with Crippen molar-refractivity contribution < 1.29 is 14.2 Å². The number of aromatic nitrogens is 2. The number of hydrogen-bond donors (Lipinski definition) is 1. The fraction of sp³-hybridized carbons (Fsp3) is 0.318. The number of aryl methyl sites for hydroxylation is 1. The fourth-order valence-corrected chi connectivity index (χ4v) is 3.99. The predicted molar refractivity (Wildman–Crippen MR) is 119 cm³/mol. The minimum Gasteiger partial charge on any atom is -0.338 e. The van der Waals surface area contributed by atoms with Crippen LogP contribution in [0.5, 0.6) is 0 Å². The summed E-state index contributed by atoms with van der Waals surface area (Å²) in [6, 6.07) is 11.7. The van der Waals surface area contributed by atoms with Crippen LogP contribution in [0.2, 0.25) is 5.02 Å². The molecule has 0 spiro atoms. The number of nitrogens with one attached hydrogen (secondary N) is 1. The average Bonchev–Trinajstić information content (AvgIpc) is 3.23. The van der Waals surface area contributed by atoms with E-state index in [2.05, 4.69) is 20.4 Å². The van der Waals surface area contributed by atoms with Gasteiger partial charge >= 0.3 is 0 Å². The van der Waals surface area contributed by atoms with Crippen LogP contribution in [-0.4, -0.2) is 39.0 Å². The Kier molecular flexibility index (Phi) is 6.48. The highest BCUT2D eigenvalue weighted by Crippen LogP contribution is 2.27. The van der Waals surface area contributed by atoms with E-state index in [4.69, 9.17) is 16.1 Å². The van der Waals surface area contributed by atoms with Gasteiger partial charge in [0.1, 0.15) is 0 Å². The second kappa shape index (κ2) is 9.46. The minimum absolute atomic E-state index is 0.0538. The lowest BCUT2D eigenvalue weighted by Gasteiger charge is -2.31. The molecule has 4 rings (SSSR count). The Balaban J connectivity index is 1.40. The van der Waals surface area contributed by atoms with E-state index in [0.717, 1.165) is 24.9 Å². The van der Waals surface area contributed by atoms with Crippen molar-refractivity contribution in [3.05, 3.63) is 69.1 Å². The van der Waals surface area contributed by atoms with Gasteiger partial charge in [0.25, 0.3) is 5.69 Å². The molecule has 2 heterocycles. The third kappa shape index (κ3) is 4.95. The lowest BCUT2D eigenvalue weighted by molar-refractivity contribution is -0.384. The van der Waals surface area contributed by atoms with Gasteiger partial charge in [0.2, 0.25) is 17.6 Å². The van der Waals surface area contributed by atoms with Crippen molar-refractivity contribution in [1.82, 2.24) is 15.0 Å². The Labute approximate surface area is 189 Å². The van der Waals surface area contributed by atoms with Crippen molar-refractivity contribution in [2.24, 2.45) is 5.92 Å². The number of nitro benzene ring substituents is 1. The van der Waals surface area contributed by atoms with Crippen molar-refractivity contribution in [3.8, 4) is 11.4 Å². The van der Waals surface area contributed by atoms with Gasteiger partial charge in [-0.15, -0.1) is 0 Å². The van der Waals surface area contributed by atoms with E-state index in [1.54, 1.807) is 19.1 Å². The number of anilines is 1. The van der Waals surface area contributed by atoms with Crippen LogP contribution in [-0.2, 0) is 11.3 Å². The zero-order valence-corrected chi connectivity index (χ0v) is 18.2. The molecular formula is C22H22ClN5O4. The van der Waals surface area contributed by atoms with E-state index in [1.165, 1.54) is 12.1 Å². The number of halogens is 1. The topological polar surface area (TPSA) is 114 Å². The number of piperidine rings is 1. The number of rotatable bonds is 6. The molecule has 0 bridgehead atoms. The molecule has 1 aromatic heterocycles. The number of nitrogens with zero attached hydrogens (tertiary/aromatic N) is 4. The number of carbonyl (C=O) groups excluding carboxylic acids is 1. The van der Waals surface area contributed by atoms with Crippen molar-refractivity contribution in [1.29, 1.82) is 0 Å². The molecule has 166 valence electrons. The zero-order chi connectivity index (χ0) is 22.7. The third-order valence-corrected chi connectivity index (χ3v) is 5.84. The second-order valence-electron chi connectivity index (χ2n) is 7.81. The molecule has 1 amide bonds. The average molecular weight is 456 g/mol. The van der Waals surface area contributed by atoms with E-state index in [0.29, 0.717) is 41.1 Å². The molecule has 1 atom stereocenters. The Morgan fingerprint density at radius 3 is 2.94 bits per heavy atom. The highest BCUT2D eigenvalue weighted by molar-refractivity contribution is 6.33. The summed E-state index contributed by atoms with van der Waals surface area (Å²) in [7, 11) is 0. The lowest BCUT2D eigenvalue weighted by Crippen LogP contribution is -2.40. The second-order valence-corrected chi connectivity index (χ2v) is 8.22. The summed E-state index contributed by atoms with van der Waals surface area (Å²) >= 11 is 6.20. The minimum atomic E-state index is -0.473. The molecule has 1 aliphatic heterocycles. The summed E-state index contributed by atoms with van der Waals surface area (Å²) in [5, 5.41) is 18.5. The SMILES string of the molecule is Cc1ccc([N+](=O)[O-])cc1NC(=O)C1CCCN(Cc2nc(-c3ccccc3Cl)no2)C1. The molecule has 10 heteroatoms. The van der Waals surface area contributed by atoms with Gasteiger partial charge < -0.3 is 9.84 Å². The lowest BCUT2D eigenvalue weighted by atomic mass is 9.97. The Bertz CT molecular complexity index is 1150. The van der Waals surface area contributed by atoms with Gasteiger partial charge in [-0.3, -0.25) is 19.8 Å². The van der Waals surface area contributed by atoms with Crippen LogP contribution < -0.4 is 5.32 Å². The molecular weight excluding hydrogens is 434 g/mol. The maximum atomic E-state index is 12.9. The summed E-state index contributed by atoms with van der Waals surface area (Å²) < 4.78 is 5.39. The summed E-state index contributed by atoms with van der Waals surface area (Å²) in [4.78, 5) is 30.0. The quantitative estimate of drug-likeness (QED) is 0.431. The highest BCUT2D eigenvalue weighted by atomic mass is 35.5. The van der Waals surface area contributed by atoms with Crippen LogP contribution in [0.1, 0.15) is 24.3 Å². The summed E-state index contributed by atoms with van der Waals surface area (Å²) in [5.41, 5.74) is 1.88. The molecule has 1 fully saturated rings. The molecule has 3 aromatic rings. The van der Waals surface area contributed by atoms with E-state index in [-0.39, 0.29) is 17.5 Å². The zero-order valence-electron chi connectivity index (χ0n) is 17.5. The first-order valence-electron chi connectivity index (χ1n) is 10.3. The molecule has 0 saturated carbocycles. The molecule has 0 radical (unpaired) electrons. The predicted octanol–water partition coefficient (Wildman–Crippen LogP) is 4.46. The smallest absolute Gasteiger partial charge is 0.271 e. The van der Waals surface area contributed by atoms with Gasteiger partial charge in [-0.2, -0.15) is 4.98 Å². The van der Waals surface area contributed by atoms with Crippen molar-refractivity contribution in [2.45, 2.75) is 26.3 Å². The maximum absolute atomic E-state index is 12.9. The number of hydrogen-bond acceptors (Lipinski definition) is 7. The number of carbonyl (C=O) groups is 1. The van der Waals surface area contributed by atoms with Gasteiger partial charge in [0.05, 0.1) is 28.1 Å². The van der Waals surface area contributed by atoms with Gasteiger partial charge in [-0.1, -0.05) is 35.0 Å². The summed E-state index contributed by atoms with van der Waals surface area (Å²) in [6.45, 7) is 3.57. The molecule has 32 heavy (non-hydrogen) atoms. The normalized spacial score (nSPS) is 16.6. The Hall–Kier alpha value is -3.30. The molecule has 2 aromatic carbocycles. The van der Waals surface area contributed by atoms with E-state index in [9.17, 15) is 14.9 Å². The molecule has 1 N–H and O–H groups in total. The number of likely N-dealkylation sites (tertiary alicyclic amines) is 1. The largest absolute Gasteiger partial charge is 0.338 e. The van der Waals surface area contributed by atoms with Crippen LogP contribution in [0.15, 0.2) is 47.0 Å². The van der Waals surface area contributed by atoms with Gasteiger partial charge in [-0.05, 0) is 44.0 Å². The van der Waals surface area contributed by atoms with Gasteiger partial charge in [0, 0.05) is 24.2 Å². The van der Waals surface area contributed by atoms with Crippen molar-refractivity contribution in [3.63, 3.8) is 0 Å². The molecule has 1 aliphatic rings. The first-order valence-corrected chi connectivity index (χ1v) is 10.6. The van der Waals surface area contributed by atoms with Crippen LogP contribution in [0.3, 0.4) is 0 Å². The standard InChI is InChI=1S/C22H22ClN5O4/c1-14-8-9-16(28(30)31)11-19(14)24-22(29)15-5-4-10-27(12-15)13-20-25-21(26-32-20)17-6-2-3-7-18(17)23/h2-3,6-9,11,15H,4-5,10,12-13H2,1H3,(H,24,29). The van der Waals surface area contributed by atoms with Crippen LogP contribution >= 0.6 is 11.6 Å². The summed E-state index contributed by atoms with van der Waals surface area (Å²) in [6.07, 6.45) is 1.59. The number of benzene rings is 2. The summed E-state index contributed by atoms with van der Waals surface area (Å²) in [5.74, 6) is 0.488. The van der Waals surface area contributed by atoms with E-state index < -0.39 is 4.92 Å². The highest BCUT2D eigenvalue weighted by Gasteiger charge is 2.27. The van der Waals surface area contributed by atoms with Crippen LogP contribution in [0, 0.1) is 23.0 Å². The fourth-order valence-electron chi connectivity index (χ4n) is 3.77. The van der Waals surface area contributed by atoms with E-state index >= 15 is 0 Å². The monoisotopic (exact) mass is 455 g/mol. The molecule has 9 nitrogen and oxygen atoms in total. The number of non-ortho nitro benzene ring substituents is 1. The van der Waals surface area contributed by atoms with Gasteiger partial charge in [-0.25, -0.2) is 0 Å². The van der Waals surface area contributed by atoms with Crippen LogP contribution in [0.25, 0.3) is 11.4 Å². The Morgan fingerprint density at radius 2 is 2.16 bits per heavy atom.